The Balaban J connectivity index is 1.69. The lowest BCUT2D eigenvalue weighted by molar-refractivity contribution is -0.0284. The molecule has 2 N–H and O–H groups in total. The van der Waals surface area contributed by atoms with E-state index < -0.39 is 9.84 Å². The van der Waals surface area contributed by atoms with Crippen LogP contribution < -0.4 is 10.6 Å². The molecule has 1 aliphatic heterocycles. The molecule has 1 saturated heterocycles. The van der Waals surface area contributed by atoms with Crippen LogP contribution in [0.25, 0.3) is 0 Å². The van der Waals surface area contributed by atoms with Crippen LogP contribution in [0.15, 0.2) is 40.2 Å². The van der Waals surface area contributed by atoms with Gasteiger partial charge >= 0.3 is 0 Å². The van der Waals surface area contributed by atoms with Gasteiger partial charge in [0, 0.05) is 39.8 Å². The molecule has 1 heterocycles. The first-order valence-electron chi connectivity index (χ1n) is 9.97. The molecule has 1 aromatic carbocycles. The topological polar surface area (TPSA) is 83.0 Å². The maximum absolute atomic E-state index is 12.3. The van der Waals surface area contributed by atoms with Crippen LogP contribution in [0.5, 0.6) is 0 Å². The van der Waals surface area contributed by atoms with E-state index in [9.17, 15) is 8.42 Å². The Hall–Kier alpha value is -1.64. The highest BCUT2D eigenvalue weighted by Crippen LogP contribution is 2.10. The zero-order valence-electron chi connectivity index (χ0n) is 17.2. The smallest absolute Gasteiger partial charge is 0.191 e. The highest BCUT2D eigenvalue weighted by Gasteiger charge is 2.21. The van der Waals surface area contributed by atoms with Gasteiger partial charge in [-0.05, 0) is 24.5 Å². The van der Waals surface area contributed by atoms with Crippen LogP contribution >= 0.6 is 0 Å². The van der Waals surface area contributed by atoms with Crippen LogP contribution in [0.1, 0.15) is 20.3 Å². The van der Waals surface area contributed by atoms with E-state index in [1.54, 1.807) is 31.3 Å². The van der Waals surface area contributed by atoms with Crippen molar-refractivity contribution < 1.29 is 13.2 Å². The summed E-state index contributed by atoms with van der Waals surface area (Å²) in [5.74, 6) is 1.42. The summed E-state index contributed by atoms with van der Waals surface area (Å²) in [6.07, 6.45) is 0.643. The van der Waals surface area contributed by atoms with Gasteiger partial charge in [-0.1, -0.05) is 32.0 Å². The Morgan fingerprint density at radius 2 is 2.04 bits per heavy atom. The van der Waals surface area contributed by atoms with Gasteiger partial charge in [0.05, 0.1) is 23.4 Å². The van der Waals surface area contributed by atoms with Crippen molar-refractivity contribution in [2.45, 2.75) is 31.3 Å². The molecule has 1 atom stereocenters. The van der Waals surface area contributed by atoms with Crippen molar-refractivity contribution in [2.75, 3.05) is 52.1 Å². The third kappa shape index (κ3) is 7.77. The molecule has 0 aromatic heterocycles. The monoisotopic (exact) mass is 410 g/mol. The summed E-state index contributed by atoms with van der Waals surface area (Å²) in [7, 11) is -1.53. The minimum absolute atomic E-state index is 0.108. The second kappa shape index (κ2) is 11.4. The van der Waals surface area contributed by atoms with Gasteiger partial charge in [0.1, 0.15) is 0 Å². The number of ether oxygens (including phenoxy) is 1. The maximum atomic E-state index is 12.3. The highest BCUT2D eigenvalue weighted by molar-refractivity contribution is 7.91. The largest absolute Gasteiger partial charge is 0.374 e. The van der Waals surface area contributed by atoms with E-state index in [-0.39, 0.29) is 11.9 Å². The zero-order chi connectivity index (χ0) is 20.4. The Morgan fingerprint density at radius 3 is 2.71 bits per heavy atom. The van der Waals surface area contributed by atoms with Gasteiger partial charge in [-0.25, -0.2) is 8.42 Å². The van der Waals surface area contributed by atoms with Gasteiger partial charge in [-0.2, -0.15) is 0 Å². The second-order valence-corrected chi connectivity index (χ2v) is 9.62. The van der Waals surface area contributed by atoms with E-state index in [4.69, 9.17) is 4.74 Å². The number of benzene rings is 1. The van der Waals surface area contributed by atoms with Crippen molar-refractivity contribution in [3.63, 3.8) is 0 Å². The average Bonchev–Trinajstić information content (AvgIpc) is 2.68. The quantitative estimate of drug-likeness (QED) is 0.364. The highest BCUT2D eigenvalue weighted by atomic mass is 32.2. The average molecular weight is 411 g/mol. The predicted molar refractivity (Wildman–Crippen MR) is 113 cm³/mol. The summed E-state index contributed by atoms with van der Waals surface area (Å²) in [5.41, 5.74) is 0. The number of nitrogens with zero attached hydrogens (tertiary/aromatic N) is 2. The first-order valence-corrected chi connectivity index (χ1v) is 11.6. The van der Waals surface area contributed by atoms with E-state index in [1.807, 2.05) is 6.07 Å². The van der Waals surface area contributed by atoms with E-state index in [0.29, 0.717) is 36.3 Å². The number of guanidine groups is 1. The molecule has 0 radical (unpaired) electrons. The molecule has 8 heteroatoms. The number of hydrogen-bond donors (Lipinski definition) is 2. The summed E-state index contributed by atoms with van der Waals surface area (Å²) in [5, 5.41) is 6.46. The van der Waals surface area contributed by atoms with Crippen molar-refractivity contribution in [3.05, 3.63) is 30.3 Å². The molecule has 1 fully saturated rings. The molecule has 2 rings (SSSR count). The van der Waals surface area contributed by atoms with Crippen LogP contribution in [0.2, 0.25) is 0 Å². The third-order valence-electron chi connectivity index (χ3n) is 4.55. The number of morpholine rings is 1. The van der Waals surface area contributed by atoms with Crippen molar-refractivity contribution >= 4 is 15.8 Å². The lowest BCUT2D eigenvalue weighted by atomic mass is 10.2. The lowest BCUT2D eigenvalue weighted by Gasteiger charge is -2.34. The number of nitrogens with one attached hydrogen (secondary N) is 2. The zero-order valence-corrected chi connectivity index (χ0v) is 18.0. The van der Waals surface area contributed by atoms with Gasteiger partial charge in [0.2, 0.25) is 0 Å². The molecule has 0 amide bonds. The SMILES string of the molecule is CN=C(NCCCS(=O)(=O)c1ccccc1)NCC1CN(CC(C)C)CCO1. The molecule has 1 aliphatic rings. The van der Waals surface area contributed by atoms with Gasteiger partial charge < -0.3 is 15.4 Å². The van der Waals surface area contributed by atoms with Gasteiger partial charge in [0.25, 0.3) is 0 Å². The summed E-state index contributed by atoms with van der Waals surface area (Å²) in [6, 6.07) is 8.57. The first-order chi connectivity index (χ1) is 13.4. The predicted octanol–water partition coefficient (Wildman–Crippen LogP) is 1.37. The summed E-state index contributed by atoms with van der Waals surface area (Å²) in [4.78, 5) is 7.02. The Kier molecular flexibility index (Phi) is 9.21. The van der Waals surface area contributed by atoms with E-state index >= 15 is 0 Å². The van der Waals surface area contributed by atoms with Crippen LogP contribution in [-0.4, -0.2) is 77.5 Å². The van der Waals surface area contributed by atoms with Gasteiger partial charge in [-0.3, -0.25) is 9.89 Å². The molecule has 7 nitrogen and oxygen atoms in total. The molecule has 1 aromatic rings. The fourth-order valence-electron chi connectivity index (χ4n) is 3.23. The Bertz CT molecular complexity index is 707. The normalized spacial score (nSPS) is 19.0. The molecular weight excluding hydrogens is 376 g/mol. The Morgan fingerprint density at radius 1 is 1.29 bits per heavy atom. The first kappa shape index (κ1) is 22.6. The minimum Gasteiger partial charge on any atom is -0.374 e. The number of aliphatic imine (C=N–C) groups is 1. The molecule has 0 aliphatic carbocycles. The maximum Gasteiger partial charge on any atom is 0.191 e. The Labute approximate surface area is 169 Å². The number of sulfone groups is 1. The van der Waals surface area contributed by atoms with Crippen molar-refractivity contribution in [1.29, 1.82) is 0 Å². The lowest BCUT2D eigenvalue weighted by Crippen LogP contribution is -2.50. The molecule has 0 saturated carbocycles. The van der Waals surface area contributed by atoms with Crippen LogP contribution in [0.3, 0.4) is 0 Å². The van der Waals surface area contributed by atoms with E-state index in [1.165, 1.54) is 0 Å². The van der Waals surface area contributed by atoms with Gasteiger partial charge in [-0.15, -0.1) is 0 Å². The van der Waals surface area contributed by atoms with Crippen molar-refractivity contribution in [3.8, 4) is 0 Å². The number of hydrogen-bond acceptors (Lipinski definition) is 5. The summed E-state index contributed by atoms with van der Waals surface area (Å²) < 4.78 is 30.4. The molecule has 158 valence electrons. The van der Waals surface area contributed by atoms with E-state index in [2.05, 4.69) is 34.4 Å². The fourth-order valence-corrected chi connectivity index (χ4v) is 4.56. The summed E-state index contributed by atoms with van der Waals surface area (Å²) >= 11 is 0. The standard InChI is InChI=1S/C20H34N4O3S/c1-17(2)15-24-11-12-27-18(16-24)14-23-20(21-3)22-10-7-13-28(25,26)19-8-5-4-6-9-19/h4-6,8-9,17-18H,7,10-16H2,1-3H3,(H2,21,22,23). The molecule has 1 unspecified atom stereocenters. The van der Waals surface area contributed by atoms with Crippen LogP contribution in [0, 0.1) is 5.92 Å². The van der Waals surface area contributed by atoms with Gasteiger partial charge in [0.15, 0.2) is 15.8 Å². The second-order valence-electron chi connectivity index (χ2n) is 7.51. The fraction of sp³-hybridized carbons (Fsp3) is 0.650. The molecule has 28 heavy (non-hydrogen) atoms. The van der Waals surface area contributed by atoms with Crippen molar-refractivity contribution in [2.24, 2.45) is 10.9 Å². The van der Waals surface area contributed by atoms with Crippen LogP contribution in [0.4, 0.5) is 0 Å². The third-order valence-corrected chi connectivity index (χ3v) is 6.37. The molecular formula is C20H34N4O3S. The molecule has 0 bridgehead atoms. The summed E-state index contributed by atoms with van der Waals surface area (Å²) in [6.45, 7) is 9.41. The molecule has 0 spiro atoms. The minimum atomic E-state index is -3.24. The number of rotatable bonds is 9. The van der Waals surface area contributed by atoms with E-state index in [0.717, 1.165) is 26.2 Å². The van der Waals surface area contributed by atoms with Crippen LogP contribution in [-0.2, 0) is 14.6 Å². The van der Waals surface area contributed by atoms with Crippen molar-refractivity contribution in [1.82, 2.24) is 15.5 Å².